The molecule has 0 bridgehead atoms. The Bertz CT molecular complexity index is 1600. The third kappa shape index (κ3) is 5.52. The van der Waals surface area contributed by atoms with Gasteiger partial charge in [-0.1, -0.05) is 26.0 Å². The Morgan fingerprint density at radius 3 is 2.77 bits per heavy atom. The highest BCUT2D eigenvalue weighted by atomic mass is 16.5. The number of benzene rings is 2. The van der Waals surface area contributed by atoms with Gasteiger partial charge in [-0.3, -0.25) is 29.6 Å². The molecule has 7 rings (SSSR count). The van der Waals surface area contributed by atoms with Gasteiger partial charge in [0, 0.05) is 61.8 Å². The van der Waals surface area contributed by atoms with E-state index in [0.29, 0.717) is 24.4 Å². The highest BCUT2D eigenvalue weighted by Gasteiger charge is 2.39. The van der Waals surface area contributed by atoms with Crippen LogP contribution in [-0.4, -0.2) is 71.0 Å². The second-order valence-electron chi connectivity index (χ2n) is 13.1. The molecule has 4 aliphatic rings. The molecule has 3 atom stereocenters. The second-order valence-corrected chi connectivity index (χ2v) is 13.1. The number of carbonyl (C=O) groups excluding carboxylic acids is 3. The fourth-order valence-corrected chi connectivity index (χ4v) is 7.17. The van der Waals surface area contributed by atoms with Crippen molar-refractivity contribution in [2.45, 2.75) is 70.7 Å². The first-order valence-electron chi connectivity index (χ1n) is 15.4. The lowest BCUT2D eigenvalue weighted by Gasteiger charge is -2.38. The molecule has 2 aromatic carbocycles. The molecule has 3 aromatic rings. The average Bonchev–Trinajstić information content (AvgIpc) is 3.55. The predicted octanol–water partition coefficient (Wildman–Crippen LogP) is 4.18. The van der Waals surface area contributed by atoms with Crippen molar-refractivity contribution in [3.63, 3.8) is 0 Å². The highest BCUT2D eigenvalue weighted by Crippen LogP contribution is 2.41. The van der Waals surface area contributed by atoms with Crippen LogP contribution < -0.4 is 10.1 Å². The van der Waals surface area contributed by atoms with Crippen molar-refractivity contribution in [2.24, 2.45) is 5.41 Å². The predicted molar refractivity (Wildman–Crippen MR) is 160 cm³/mol. The molecular weight excluding hydrogens is 544 g/mol. The first kappa shape index (κ1) is 28.0. The summed E-state index contributed by atoms with van der Waals surface area (Å²) in [5, 5.41) is 3.52. The van der Waals surface area contributed by atoms with Gasteiger partial charge in [-0.05, 0) is 72.2 Å². The van der Waals surface area contributed by atoms with Gasteiger partial charge in [-0.15, -0.1) is 0 Å². The lowest BCUT2D eigenvalue weighted by atomic mass is 9.74. The van der Waals surface area contributed by atoms with Crippen LogP contribution in [0.15, 0.2) is 48.5 Å². The number of nitrogens with zero attached hydrogens (tertiary/aromatic N) is 3. The molecule has 43 heavy (non-hydrogen) atoms. The van der Waals surface area contributed by atoms with E-state index in [1.165, 1.54) is 5.56 Å². The van der Waals surface area contributed by atoms with Crippen LogP contribution in [0.25, 0.3) is 10.9 Å². The summed E-state index contributed by atoms with van der Waals surface area (Å²) in [5.74, 6) is 0.294. The first-order chi connectivity index (χ1) is 20.7. The van der Waals surface area contributed by atoms with E-state index in [1.54, 1.807) is 11.0 Å². The molecule has 9 nitrogen and oxygen atoms in total. The Labute approximate surface area is 251 Å². The topological polar surface area (TPSA) is 101 Å². The zero-order valence-electron chi connectivity index (χ0n) is 24.8. The third-order valence-electron chi connectivity index (χ3n) is 9.53. The van der Waals surface area contributed by atoms with Crippen molar-refractivity contribution in [1.82, 2.24) is 20.1 Å². The van der Waals surface area contributed by atoms with Crippen LogP contribution >= 0.6 is 0 Å². The first-order valence-corrected chi connectivity index (χ1v) is 15.4. The molecule has 3 saturated heterocycles. The van der Waals surface area contributed by atoms with Gasteiger partial charge < -0.3 is 14.4 Å². The van der Waals surface area contributed by atoms with Gasteiger partial charge in [0.15, 0.2) is 0 Å². The second kappa shape index (κ2) is 11.0. The van der Waals surface area contributed by atoms with E-state index in [4.69, 9.17) is 14.5 Å². The van der Waals surface area contributed by atoms with Gasteiger partial charge in [-0.25, -0.2) is 0 Å². The Balaban J connectivity index is 0.965. The normalized spacial score (nSPS) is 25.7. The molecule has 3 fully saturated rings. The van der Waals surface area contributed by atoms with Crippen molar-refractivity contribution in [2.75, 3.05) is 26.3 Å². The Morgan fingerprint density at radius 1 is 1.05 bits per heavy atom. The zero-order chi connectivity index (χ0) is 29.7. The summed E-state index contributed by atoms with van der Waals surface area (Å²) in [6.07, 6.45) is 2.60. The third-order valence-corrected chi connectivity index (χ3v) is 9.53. The Kier molecular flexibility index (Phi) is 7.18. The molecule has 0 saturated carbocycles. The van der Waals surface area contributed by atoms with E-state index in [0.717, 1.165) is 73.6 Å². The summed E-state index contributed by atoms with van der Waals surface area (Å²) in [4.78, 5) is 45.9. The van der Waals surface area contributed by atoms with Crippen molar-refractivity contribution >= 4 is 28.6 Å². The maximum absolute atomic E-state index is 13.0. The van der Waals surface area contributed by atoms with Crippen LogP contribution in [0, 0.1) is 5.41 Å². The number of pyridine rings is 1. The molecule has 0 aliphatic carbocycles. The number of fused-ring (bicyclic) bond motifs is 2. The Morgan fingerprint density at radius 2 is 1.93 bits per heavy atom. The van der Waals surface area contributed by atoms with Gasteiger partial charge in [0.2, 0.25) is 11.8 Å². The molecule has 1 unspecified atom stereocenters. The van der Waals surface area contributed by atoms with E-state index in [9.17, 15) is 14.4 Å². The van der Waals surface area contributed by atoms with E-state index < -0.39 is 11.9 Å². The number of piperidine rings is 1. The van der Waals surface area contributed by atoms with Crippen molar-refractivity contribution in [1.29, 1.82) is 0 Å². The SMILES string of the molecule is CC1(C)COCC[C@@H]1c1ccc2cc(CN3CC[C@H](Oc4ccc5c(c4)CN(C4CCC(=O)NC4=O)C5=O)C3)ccc2n1. The van der Waals surface area contributed by atoms with Crippen LogP contribution in [0.2, 0.25) is 0 Å². The molecule has 9 heteroatoms. The number of hydrogen-bond donors (Lipinski definition) is 1. The minimum absolute atomic E-state index is 0.0638. The number of hydrogen-bond acceptors (Lipinski definition) is 7. The van der Waals surface area contributed by atoms with Crippen molar-refractivity contribution < 1.29 is 23.9 Å². The maximum atomic E-state index is 13.0. The largest absolute Gasteiger partial charge is 0.489 e. The number of ether oxygens (including phenoxy) is 2. The van der Waals surface area contributed by atoms with Gasteiger partial charge in [0.05, 0.1) is 12.1 Å². The standard InChI is InChI=1S/C34H38N4O5/c1-34(2)20-42-14-12-27(34)29-8-4-22-15-21(3-7-28(22)35-29)17-37-13-11-25(19-37)43-24-5-6-26-23(16-24)18-38(33(26)41)30-9-10-31(39)36-32(30)40/h3-8,15-16,25,27,30H,9-14,17-20H2,1-2H3,(H,36,39,40)/t25-,27+,30?/m0/s1. The van der Waals surface area contributed by atoms with Gasteiger partial charge >= 0.3 is 0 Å². The number of carbonyl (C=O) groups is 3. The smallest absolute Gasteiger partial charge is 0.255 e. The van der Waals surface area contributed by atoms with Crippen LogP contribution in [0.1, 0.15) is 72.6 Å². The summed E-state index contributed by atoms with van der Waals surface area (Å²) in [6, 6.07) is 15.9. The minimum Gasteiger partial charge on any atom is -0.489 e. The lowest BCUT2D eigenvalue weighted by Crippen LogP contribution is -2.52. The molecule has 224 valence electrons. The number of nitrogens with one attached hydrogen (secondary N) is 1. The van der Waals surface area contributed by atoms with E-state index in [-0.39, 0.29) is 29.8 Å². The zero-order valence-corrected chi connectivity index (χ0v) is 24.8. The molecule has 3 amide bonds. The van der Waals surface area contributed by atoms with Gasteiger partial charge in [0.25, 0.3) is 5.91 Å². The Hall–Kier alpha value is -3.82. The van der Waals surface area contributed by atoms with Gasteiger partial charge in [0.1, 0.15) is 17.9 Å². The summed E-state index contributed by atoms with van der Waals surface area (Å²) in [6.45, 7) is 9.07. The summed E-state index contributed by atoms with van der Waals surface area (Å²) in [5.41, 5.74) is 5.00. The molecule has 0 radical (unpaired) electrons. The molecule has 0 spiro atoms. The van der Waals surface area contributed by atoms with Crippen LogP contribution in [-0.2, 0) is 27.4 Å². The van der Waals surface area contributed by atoms with Crippen molar-refractivity contribution in [3.05, 3.63) is 70.9 Å². The fraction of sp³-hybridized carbons (Fsp3) is 0.471. The summed E-state index contributed by atoms with van der Waals surface area (Å²) in [7, 11) is 0. The molecule has 1 aromatic heterocycles. The quantitative estimate of drug-likeness (QED) is 0.435. The monoisotopic (exact) mass is 582 g/mol. The molecule has 4 aliphatic heterocycles. The average molecular weight is 583 g/mol. The van der Waals surface area contributed by atoms with E-state index >= 15 is 0 Å². The lowest BCUT2D eigenvalue weighted by molar-refractivity contribution is -0.136. The number of imide groups is 1. The molecular formula is C34H38N4O5. The summed E-state index contributed by atoms with van der Waals surface area (Å²) >= 11 is 0. The molecule has 5 heterocycles. The van der Waals surface area contributed by atoms with Crippen molar-refractivity contribution in [3.8, 4) is 5.75 Å². The van der Waals surface area contributed by atoms with Crippen LogP contribution in [0.5, 0.6) is 5.75 Å². The van der Waals surface area contributed by atoms with Crippen LogP contribution in [0.3, 0.4) is 0 Å². The minimum atomic E-state index is -0.613. The fourth-order valence-electron chi connectivity index (χ4n) is 7.17. The number of aromatic nitrogens is 1. The molecule has 1 N–H and O–H groups in total. The number of likely N-dealkylation sites (tertiary alicyclic amines) is 1. The van der Waals surface area contributed by atoms with Gasteiger partial charge in [-0.2, -0.15) is 0 Å². The summed E-state index contributed by atoms with van der Waals surface area (Å²) < 4.78 is 12.1. The highest BCUT2D eigenvalue weighted by molar-refractivity contribution is 6.05. The maximum Gasteiger partial charge on any atom is 0.255 e. The van der Waals surface area contributed by atoms with Crippen LogP contribution in [0.4, 0.5) is 0 Å². The van der Waals surface area contributed by atoms with E-state index in [1.807, 2.05) is 12.1 Å². The number of amides is 3. The van der Waals surface area contributed by atoms with E-state index in [2.05, 4.69) is 54.4 Å². The number of rotatable bonds is 6.